The van der Waals surface area contributed by atoms with Crippen LogP contribution in [-0.2, 0) is 12.8 Å². The molecule has 0 aliphatic carbocycles. The van der Waals surface area contributed by atoms with E-state index in [2.05, 4.69) is 6.08 Å². The van der Waals surface area contributed by atoms with E-state index in [0.29, 0.717) is 18.4 Å². The molecule has 1 aromatic rings. The van der Waals surface area contributed by atoms with E-state index >= 15 is 0 Å². The largest absolute Gasteiger partial charge is 0.508 e. The minimum Gasteiger partial charge on any atom is -0.508 e. The number of benzene rings is 1. The number of hydrogen-bond acceptors (Lipinski definition) is 2. The zero-order valence-corrected chi connectivity index (χ0v) is 11.6. The van der Waals surface area contributed by atoms with Gasteiger partial charge in [-0.2, -0.15) is 0 Å². The predicted octanol–water partition coefficient (Wildman–Crippen LogP) is 4.12. The first-order valence-corrected chi connectivity index (χ1v) is 6.21. The van der Waals surface area contributed by atoms with Crippen molar-refractivity contribution < 1.29 is 10.2 Å². The van der Waals surface area contributed by atoms with Crippen LogP contribution >= 0.6 is 0 Å². The molecule has 98 valence electrons. The Labute approximate surface area is 109 Å². The molecule has 0 bridgehead atoms. The second kappa shape index (κ2) is 6.29. The second-order valence-electron chi connectivity index (χ2n) is 5.04. The summed E-state index contributed by atoms with van der Waals surface area (Å²) in [5.41, 5.74) is 3.85. The van der Waals surface area contributed by atoms with Gasteiger partial charge in [0.1, 0.15) is 11.5 Å². The quantitative estimate of drug-likeness (QED) is 0.785. The van der Waals surface area contributed by atoms with Gasteiger partial charge in [-0.1, -0.05) is 29.4 Å². The van der Waals surface area contributed by atoms with Gasteiger partial charge in [0.15, 0.2) is 0 Å². The molecule has 2 nitrogen and oxygen atoms in total. The average Bonchev–Trinajstić information content (AvgIpc) is 2.27. The van der Waals surface area contributed by atoms with Crippen molar-refractivity contribution in [2.45, 2.75) is 40.5 Å². The van der Waals surface area contributed by atoms with Crippen LogP contribution in [0.3, 0.4) is 0 Å². The first kappa shape index (κ1) is 14.4. The van der Waals surface area contributed by atoms with Gasteiger partial charge >= 0.3 is 0 Å². The molecular formula is C16H22O2. The Hall–Kier alpha value is -1.70. The topological polar surface area (TPSA) is 40.5 Å². The van der Waals surface area contributed by atoms with Crippen molar-refractivity contribution in [3.05, 3.63) is 46.6 Å². The van der Waals surface area contributed by atoms with Crippen molar-refractivity contribution in [2.75, 3.05) is 0 Å². The molecule has 0 saturated heterocycles. The van der Waals surface area contributed by atoms with E-state index in [9.17, 15) is 10.2 Å². The minimum absolute atomic E-state index is 0.158. The third-order valence-electron chi connectivity index (χ3n) is 2.79. The first-order valence-electron chi connectivity index (χ1n) is 6.21. The molecule has 1 rings (SSSR count). The van der Waals surface area contributed by atoms with Crippen molar-refractivity contribution in [3.63, 3.8) is 0 Å². The van der Waals surface area contributed by atoms with E-state index in [4.69, 9.17) is 0 Å². The molecule has 0 aliphatic rings. The van der Waals surface area contributed by atoms with Gasteiger partial charge in [0.2, 0.25) is 0 Å². The van der Waals surface area contributed by atoms with Crippen molar-refractivity contribution in [1.82, 2.24) is 0 Å². The maximum atomic E-state index is 10.2. The maximum absolute atomic E-state index is 10.2. The number of phenols is 2. The Morgan fingerprint density at radius 3 is 2.06 bits per heavy atom. The molecule has 1 aromatic carbocycles. The third kappa shape index (κ3) is 3.95. The van der Waals surface area contributed by atoms with Crippen molar-refractivity contribution in [2.24, 2.45) is 0 Å². The molecule has 2 heteroatoms. The van der Waals surface area contributed by atoms with Crippen LogP contribution in [0.4, 0.5) is 0 Å². The fraction of sp³-hybridized carbons (Fsp3) is 0.375. The molecule has 0 saturated carbocycles. The van der Waals surface area contributed by atoms with Gasteiger partial charge in [-0.15, -0.1) is 0 Å². The lowest BCUT2D eigenvalue weighted by molar-refractivity contribution is 0.437. The number of allylic oxidation sites excluding steroid dienone is 4. The second-order valence-corrected chi connectivity index (χ2v) is 5.04. The zero-order chi connectivity index (χ0) is 13.7. The van der Waals surface area contributed by atoms with E-state index in [1.54, 1.807) is 12.1 Å². The van der Waals surface area contributed by atoms with Crippen LogP contribution in [0.2, 0.25) is 0 Å². The van der Waals surface area contributed by atoms with Crippen molar-refractivity contribution in [1.29, 1.82) is 0 Å². The molecule has 0 aromatic heterocycles. The lowest BCUT2D eigenvalue weighted by Crippen LogP contribution is -1.91. The summed E-state index contributed by atoms with van der Waals surface area (Å²) in [6, 6.07) is 3.43. The Kier molecular flexibility index (Phi) is 5.02. The maximum Gasteiger partial charge on any atom is 0.126 e. The van der Waals surface area contributed by atoms with Gasteiger partial charge in [0.25, 0.3) is 0 Å². The number of hydrogen-bond donors (Lipinski definition) is 2. The molecule has 0 fully saturated rings. The molecule has 0 spiro atoms. The number of aromatic hydroxyl groups is 2. The molecule has 0 aliphatic heterocycles. The molecule has 0 atom stereocenters. The molecule has 2 N–H and O–H groups in total. The zero-order valence-electron chi connectivity index (χ0n) is 11.6. The lowest BCUT2D eigenvalue weighted by Gasteiger charge is -2.09. The van der Waals surface area contributed by atoms with Gasteiger partial charge in [0, 0.05) is 5.56 Å². The van der Waals surface area contributed by atoms with Gasteiger partial charge in [0.05, 0.1) is 0 Å². The van der Waals surface area contributed by atoms with Crippen LogP contribution in [0.5, 0.6) is 11.5 Å². The Balaban J connectivity index is 3.06. The lowest BCUT2D eigenvalue weighted by atomic mass is 10.0. The highest BCUT2D eigenvalue weighted by Gasteiger charge is 2.10. The first-order chi connectivity index (χ1) is 8.41. The van der Waals surface area contributed by atoms with E-state index in [0.717, 1.165) is 5.56 Å². The Bertz CT molecular complexity index is 474. The normalized spacial score (nSPS) is 10.0. The molecule has 0 amide bonds. The number of phenolic OH excluding ortho intramolecular Hbond substituents is 2. The van der Waals surface area contributed by atoms with E-state index in [1.165, 1.54) is 11.1 Å². The summed E-state index contributed by atoms with van der Waals surface area (Å²) in [7, 11) is 0. The van der Waals surface area contributed by atoms with Gasteiger partial charge < -0.3 is 10.2 Å². The monoisotopic (exact) mass is 246 g/mol. The molecule has 0 unspecified atom stereocenters. The standard InChI is InChI=1S/C16H22O2/c1-11(2)5-7-13-8-10-15(17)14(16(13)18)9-6-12(3)4/h5-6,8,10,17-18H,7,9H2,1-4H3. The van der Waals surface area contributed by atoms with Crippen LogP contribution in [0.25, 0.3) is 0 Å². The highest BCUT2D eigenvalue weighted by molar-refractivity contribution is 5.50. The summed E-state index contributed by atoms with van der Waals surface area (Å²) >= 11 is 0. The average molecular weight is 246 g/mol. The summed E-state index contributed by atoms with van der Waals surface area (Å²) in [5.74, 6) is 0.371. The summed E-state index contributed by atoms with van der Waals surface area (Å²) < 4.78 is 0. The Morgan fingerprint density at radius 1 is 0.944 bits per heavy atom. The Morgan fingerprint density at radius 2 is 1.50 bits per heavy atom. The minimum atomic E-state index is 0.158. The van der Waals surface area contributed by atoms with Crippen LogP contribution in [0.15, 0.2) is 35.4 Å². The van der Waals surface area contributed by atoms with Crippen LogP contribution in [-0.4, -0.2) is 10.2 Å². The summed E-state index contributed by atoms with van der Waals surface area (Å²) in [4.78, 5) is 0. The molecular weight excluding hydrogens is 224 g/mol. The van der Waals surface area contributed by atoms with Crippen LogP contribution < -0.4 is 0 Å². The highest BCUT2D eigenvalue weighted by atomic mass is 16.3. The molecule has 0 heterocycles. The van der Waals surface area contributed by atoms with E-state index in [-0.39, 0.29) is 11.5 Å². The van der Waals surface area contributed by atoms with Crippen LogP contribution in [0.1, 0.15) is 38.8 Å². The highest BCUT2D eigenvalue weighted by Crippen LogP contribution is 2.32. The van der Waals surface area contributed by atoms with Gasteiger partial charge in [-0.3, -0.25) is 0 Å². The molecule has 0 radical (unpaired) electrons. The summed E-state index contributed by atoms with van der Waals surface area (Å²) in [5, 5.41) is 20.0. The SMILES string of the molecule is CC(C)=CCc1ccc(O)c(CC=C(C)C)c1O. The van der Waals surface area contributed by atoms with Gasteiger partial charge in [-0.25, -0.2) is 0 Å². The van der Waals surface area contributed by atoms with Gasteiger partial charge in [-0.05, 0) is 52.2 Å². The third-order valence-corrected chi connectivity index (χ3v) is 2.79. The van der Waals surface area contributed by atoms with E-state index < -0.39 is 0 Å². The number of rotatable bonds is 4. The fourth-order valence-electron chi connectivity index (χ4n) is 1.66. The summed E-state index contributed by atoms with van der Waals surface area (Å²) in [6.45, 7) is 8.06. The van der Waals surface area contributed by atoms with Crippen LogP contribution in [0, 0.1) is 0 Å². The van der Waals surface area contributed by atoms with E-state index in [1.807, 2.05) is 33.8 Å². The fourth-order valence-corrected chi connectivity index (χ4v) is 1.66. The molecule has 18 heavy (non-hydrogen) atoms. The van der Waals surface area contributed by atoms with Crippen molar-refractivity contribution >= 4 is 0 Å². The smallest absolute Gasteiger partial charge is 0.126 e. The van der Waals surface area contributed by atoms with Crippen molar-refractivity contribution in [3.8, 4) is 11.5 Å². The predicted molar refractivity (Wildman–Crippen MR) is 76.0 cm³/mol. The summed E-state index contributed by atoms with van der Waals surface area (Å²) in [6.07, 6.45) is 5.31.